The standard InChI is InChI=1S/C20H18N6O3S/c1-12-2-3-13(30(27,28)26-20-7-19(8-20,9-20)10-21)4-14(12)15-5-24-18(22)17(25-15)16-6-23-11-29-16/h2-6,11,26H,7-9H2,1H3,(H2,22,24). The summed E-state index contributed by atoms with van der Waals surface area (Å²) in [5.74, 6) is 0.564. The fourth-order valence-corrected chi connectivity index (χ4v) is 5.87. The van der Waals surface area contributed by atoms with Crippen molar-refractivity contribution in [2.24, 2.45) is 5.41 Å². The van der Waals surface area contributed by atoms with Crippen LogP contribution in [0.3, 0.4) is 0 Å². The van der Waals surface area contributed by atoms with Crippen molar-refractivity contribution < 1.29 is 12.8 Å². The van der Waals surface area contributed by atoms with Crippen molar-refractivity contribution in [1.82, 2.24) is 19.7 Å². The quantitative estimate of drug-likeness (QED) is 0.637. The van der Waals surface area contributed by atoms with E-state index in [1.165, 1.54) is 18.8 Å². The topological polar surface area (TPSA) is 148 Å². The smallest absolute Gasteiger partial charge is 0.241 e. The molecule has 3 aromatic rings. The normalized spacial score (nSPS) is 24.5. The molecule has 0 unspecified atom stereocenters. The van der Waals surface area contributed by atoms with Gasteiger partial charge in [-0.2, -0.15) is 5.26 Å². The number of rotatable bonds is 5. The molecule has 6 rings (SSSR count). The van der Waals surface area contributed by atoms with Gasteiger partial charge in [0.05, 0.1) is 34.5 Å². The van der Waals surface area contributed by atoms with Crippen LogP contribution in [0.25, 0.3) is 22.7 Å². The van der Waals surface area contributed by atoms with Gasteiger partial charge in [-0.05, 0) is 43.9 Å². The lowest BCUT2D eigenvalue weighted by molar-refractivity contribution is -0.0946. The highest BCUT2D eigenvalue weighted by Crippen LogP contribution is 2.67. The Kier molecular flexibility index (Phi) is 3.81. The zero-order valence-corrected chi connectivity index (χ0v) is 16.9. The van der Waals surface area contributed by atoms with Crippen LogP contribution in [0.1, 0.15) is 24.8 Å². The number of nitriles is 1. The van der Waals surface area contributed by atoms with Gasteiger partial charge in [0.25, 0.3) is 0 Å². The van der Waals surface area contributed by atoms with Crippen LogP contribution < -0.4 is 10.5 Å². The number of aryl methyl sites for hydroxylation is 1. The summed E-state index contributed by atoms with van der Waals surface area (Å²) in [5.41, 5.74) is 7.37. The van der Waals surface area contributed by atoms with E-state index in [1.807, 2.05) is 6.92 Å². The molecule has 3 saturated carbocycles. The van der Waals surface area contributed by atoms with Gasteiger partial charge in [0.1, 0.15) is 0 Å². The van der Waals surface area contributed by atoms with Crippen molar-refractivity contribution in [2.45, 2.75) is 36.6 Å². The summed E-state index contributed by atoms with van der Waals surface area (Å²) >= 11 is 0. The minimum atomic E-state index is -3.75. The molecule has 152 valence electrons. The Bertz CT molecular complexity index is 1290. The van der Waals surface area contributed by atoms with Crippen molar-refractivity contribution in [3.8, 4) is 28.8 Å². The second kappa shape index (κ2) is 6.10. The predicted molar refractivity (Wildman–Crippen MR) is 107 cm³/mol. The molecule has 0 amide bonds. The van der Waals surface area contributed by atoms with Gasteiger partial charge in [-0.1, -0.05) is 6.07 Å². The average molecular weight is 422 g/mol. The van der Waals surface area contributed by atoms with Crippen LogP contribution in [0.4, 0.5) is 5.82 Å². The van der Waals surface area contributed by atoms with Crippen molar-refractivity contribution >= 4 is 15.8 Å². The first kappa shape index (κ1) is 18.7. The number of hydrogen-bond acceptors (Lipinski definition) is 8. The van der Waals surface area contributed by atoms with E-state index in [-0.39, 0.29) is 16.1 Å². The zero-order valence-electron chi connectivity index (χ0n) is 16.1. The van der Waals surface area contributed by atoms with Crippen molar-refractivity contribution in [1.29, 1.82) is 5.26 Å². The van der Waals surface area contributed by atoms with E-state index in [0.717, 1.165) is 5.56 Å². The number of nitrogens with two attached hydrogens (primary N) is 1. The number of nitrogen functional groups attached to an aromatic ring is 1. The summed E-state index contributed by atoms with van der Waals surface area (Å²) in [6.45, 7) is 1.86. The van der Waals surface area contributed by atoms with Gasteiger partial charge in [0, 0.05) is 11.1 Å². The zero-order chi connectivity index (χ0) is 21.1. The maximum absolute atomic E-state index is 13.0. The maximum Gasteiger partial charge on any atom is 0.241 e. The molecule has 2 heterocycles. The molecule has 3 fully saturated rings. The van der Waals surface area contributed by atoms with Crippen LogP contribution in [0.5, 0.6) is 0 Å². The van der Waals surface area contributed by atoms with E-state index in [4.69, 9.17) is 15.4 Å². The summed E-state index contributed by atoms with van der Waals surface area (Å²) in [6.07, 6.45) is 5.96. The Balaban J connectivity index is 1.49. The van der Waals surface area contributed by atoms with Gasteiger partial charge in [-0.15, -0.1) is 0 Å². The van der Waals surface area contributed by atoms with E-state index in [2.05, 4.69) is 25.7 Å². The number of anilines is 1. The second-order valence-corrected chi connectivity index (χ2v) is 9.82. The SMILES string of the molecule is Cc1ccc(S(=O)(=O)NC23CC(C#N)(C2)C3)cc1-c1cnc(N)c(-c2cnco2)n1. The lowest BCUT2D eigenvalue weighted by Gasteiger charge is -2.66. The van der Waals surface area contributed by atoms with Gasteiger partial charge < -0.3 is 10.2 Å². The molecule has 3 aliphatic carbocycles. The molecule has 9 nitrogen and oxygen atoms in total. The highest BCUT2D eigenvalue weighted by molar-refractivity contribution is 7.89. The molecular weight excluding hydrogens is 404 g/mol. The third-order valence-electron chi connectivity index (χ3n) is 5.88. The fraction of sp³-hybridized carbons (Fsp3) is 0.300. The number of sulfonamides is 1. The second-order valence-electron chi connectivity index (χ2n) is 8.14. The summed E-state index contributed by atoms with van der Waals surface area (Å²) in [4.78, 5) is 12.7. The summed E-state index contributed by atoms with van der Waals surface area (Å²) in [5, 5.41) is 9.16. The molecule has 0 atom stereocenters. The van der Waals surface area contributed by atoms with Crippen molar-refractivity contribution in [2.75, 3.05) is 5.73 Å². The third kappa shape index (κ3) is 2.78. The molecule has 10 heteroatoms. The highest BCUT2D eigenvalue weighted by atomic mass is 32.2. The Labute approximate surface area is 173 Å². The van der Waals surface area contributed by atoms with Gasteiger partial charge >= 0.3 is 0 Å². The predicted octanol–water partition coefficient (Wildman–Crippen LogP) is 2.41. The molecule has 2 aromatic heterocycles. The Morgan fingerprint density at radius 1 is 1.27 bits per heavy atom. The first-order valence-corrected chi connectivity index (χ1v) is 10.8. The molecule has 0 aliphatic heterocycles. The lowest BCUT2D eigenvalue weighted by Crippen LogP contribution is -2.74. The van der Waals surface area contributed by atoms with Gasteiger partial charge in [-0.3, -0.25) is 0 Å². The van der Waals surface area contributed by atoms with Crippen LogP contribution >= 0.6 is 0 Å². The van der Waals surface area contributed by atoms with Gasteiger partial charge in [0.15, 0.2) is 23.7 Å². The van der Waals surface area contributed by atoms with Crippen LogP contribution in [0, 0.1) is 23.7 Å². The number of oxazole rings is 1. The molecule has 0 radical (unpaired) electrons. The number of aromatic nitrogens is 3. The van der Waals surface area contributed by atoms with E-state index < -0.39 is 15.6 Å². The highest BCUT2D eigenvalue weighted by Gasteiger charge is 2.69. The van der Waals surface area contributed by atoms with Crippen LogP contribution in [0.15, 0.2) is 46.3 Å². The number of nitrogens with one attached hydrogen (secondary N) is 1. The van der Waals surface area contributed by atoms with E-state index in [1.54, 1.807) is 18.2 Å². The van der Waals surface area contributed by atoms with Crippen molar-refractivity contribution in [3.63, 3.8) is 0 Å². The summed E-state index contributed by atoms with van der Waals surface area (Å²) in [7, 11) is -3.75. The monoisotopic (exact) mass is 422 g/mol. The molecule has 30 heavy (non-hydrogen) atoms. The third-order valence-corrected chi connectivity index (χ3v) is 7.46. The fourth-order valence-electron chi connectivity index (χ4n) is 4.45. The van der Waals surface area contributed by atoms with E-state index >= 15 is 0 Å². The first-order valence-electron chi connectivity index (χ1n) is 9.33. The molecular formula is C20H18N6O3S. The summed E-state index contributed by atoms with van der Waals surface area (Å²) < 4.78 is 34.0. The first-order chi connectivity index (χ1) is 14.2. The number of hydrogen-bond donors (Lipinski definition) is 2. The minimum absolute atomic E-state index is 0.138. The van der Waals surface area contributed by atoms with Crippen molar-refractivity contribution in [3.05, 3.63) is 42.5 Å². The van der Waals surface area contributed by atoms with E-state index in [9.17, 15) is 8.42 Å². The number of benzene rings is 1. The number of nitrogens with zero attached hydrogens (tertiary/aromatic N) is 4. The molecule has 0 saturated heterocycles. The molecule has 0 spiro atoms. The molecule has 2 bridgehead atoms. The van der Waals surface area contributed by atoms with Crippen LogP contribution in [-0.2, 0) is 10.0 Å². The Morgan fingerprint density at radius 2 is 2.03 bits per heavy atom. The lowest BCUT2D eigenvalue weighted by atomic mass is 9.40. The minimum Gasteiger partial charge on any atom is -0.442 e. The van der Waals surface area contributed by atoms with Gasteiger partial charge in [-0.25, -0.2) is 28.1 Å². The van der Waals surface area contributed by atoms with Gasteiger partial charge in [0.2, 0.25) is 10.0 Å². The Hall–Kier alpha value is -3.29. The van der Waals surface area contributed by atoms with Crippen LogP contribution in [-0.4, -0.2) is 28.9 Å². The largest absolute Gasteiger partial charge is 0.442 e. The summed E-state index contributed by atoms with van der Waals surface area (Å²) in [6, 6.07) is 7.15. The Morgan fingerprint density at radius 3 is 2.70 bits per heavy atom. The average Bonchev–Trinajstić information content (AvgIpc) is 3.19. The van der Waals surface area contributed by atoms with E-state index in [0.29, 0.717) is 42.0 Å². The maximum atomic E-state index is 13.0. The molecule has 1 aromatic carbocycles. The molecule has 3 aliphatic rings. The molecule has 3 N–H and O–H groups in total. The van der Waals surface area contributed by atoms with Crippen LogP contribution in [0.2, 0.25) is 0 Å².